The van der Waals surface area contributed by atoms with Crippen molar-refractivity contribution in [2.45, 2.75) is 13.0 Å². The number of nitrogens with one attached hydrogen (secondary N) is 1. The molecule has 0 aromatic rings. The molecule has 1 amide bonds. The summed E-state index contributed by atoms with van der Waals surface area (Å²) in [5.41, 5.74) is 0. The maximum atomic E-state index is 11.1. The largest absolute Gasteiger partial charge is 0.358 e. The topological polar surface area (TPSA) is 35.6 Å². The van der Waals surface area contributed by atoms with E-state index in [1.807, 2.05) is 0 Å². The van der Waals surface area contributed by atoms with Crippen LogP contribution in [0.3, 0.4) is 0 Å². The second kappa shape index (κ2) is 4.58. The lowest BCUT2D eigenvalue weighted by Crippen LogP contribution is -2.52. The van der Waals surface area contributed by atoms with E-state index in [-0.39, 0.29) is 5.91 Å². The van der Waals surface area contributed by atoms with Crippen molar-refractivity contribution in [1.82, 2.24) is 15.1 Å². The van der Waals surface area contributed by atoms with Gasteiger partial charge < -0.3 is 10.2 Å². The van der Waals surface area contributed by atoms with Gasteiger partial charge >= 0.3 is 0 Å². The van der Waals surface area contributed by atoms with Crippen LogP contribution in [0.5, 0.6) is 0 Å². The molecule has 1 fully saturated rings. The van der Waals surface area contributed by atoms with Gasteiger partial charge in [-0.3, -0.25) is 9.69 Å². The van der Waals surface area contributed by atoms with Gasteiger partial charge in [0.25, 0.3) is 0 Å². The van der Waals surface area contributed by atoms with Crippen LogP contribution in [0, 0.1) is 0 Å². The third kappa shape index (κ3) is 2.97. The van der Waals surface area contributed by atoms with Crippen molar-refractivity contribution in [3.05, 3.63) is 0 Å². The monoisotopic (exact) mass is 185 g/mol. The number of rotatable bonds is 2. The van der Waals surface area contributed by atoms with E-state index in [0.717, 1.165) is 19.6 Å². The standard InChI is InChI=1S/C9H19N3O/c1-8-6-12(5-4-11(8)3)7-9(13)10-2/h8H,4-7H2,1-3H3,(H,10,13). The first-order valence-corrected chi connectivity index (χ1v) is 4.76. The van der Waals surface area contributed by atoms with Crippen LogP contribution >= 0.6 is 0 Å². The first-order valence-electron chi connectivity index (χ1n) is 4.76. The van der Waals surface area contributed by atoms with E-state index in [4.69, 9.17) is 0 Å². The molecule has 76 valence electrons. The first-order chi connectivity index (χ1) is 6.13. The van der Waals surface area contributed by atoms with Gasteiger partial charge in [0.1, 0.15) is 0 Å². The summed E-state index contributed by atoms with van der Waals surface area (Å²) in [4.78, 5) is 15.6. The summed E-state index contributed by atoms with van der Waals surface area (Å²) in [6.07, 6.45) is 0. The molecule has 1 heterocycles. The minimum Gasteiger partial charge on any atom is -0.358 e. The average Bonchev–Trinajstić information content (AvgIpc) is 2.11. The molecule has 0 spiro atoms. The second-order valence-electron chi connectivity index (χ2n) is 3.74. The molecule has 1 aliphatic rings. The van der Waals surface area contributed by atoms with Crippen molar-refractivity contribution in [2.24, 2.45) is 0 Å². The minimum atomic E-state index is 0.108. The maximum absolute atomic E-state index is 11.1. The van der Waals surface area contributed by atoms with Crippen LogP contribution in [0.2, 0.25) is 0 Å². The number of amides is 1. The molecule has 4 nitrogen and oxygen atoms in total. The molecule has 1 atom stereocenters. The lowest BCUT2D eigenvalue weighted by atomic mass is 10.2. The van der Waals surface area contributed by atoms with Gasteiger partial charge in [0.15, 0.2) is 0 Å². The van der Waals surface area contributed by atoms with Crippen LogP contribution in [0.1, 0.15) is 6.92 Å². The van der Waals surface area contributed by atoms with E-state index in [1.54, 1.807) is 7.05 Å². The average molecular weight is 185 g/mol. The summed E-state index contributed by atoms with van der Waals surface area (Å²) in [6, 6.07) is 0.554. The Kier molecular flexibility index (Phi) is 3.69. The Hall–Kier alpha value is -0.610. The summed E-state index contributed by atoms with van der Waals surface area (Å²) in [7, 11) is 3.81. The van der Waals surface area contributed by atoms with Crippen LogP contribution in [0.4, 0.5) is 0 Å². The van der Waals surface area contributed by atoms with Crippen LogP contribution in [0.25, 0.3) is 0 Å². The van der Waals surface area contributed by atoms with E-state index in [0.29, 0.717) is 12.6 Å². The number of hydrogen-bond donors (Lipinski definition) is 1. The molecular formula is C9H19N3O. The molecule has 1 saturated heterocycles. The zero-order chi connectivity index (χ0) is 9.84. The number of likely N-dealkylation sites (N-methyl/N-ethyl adjacent to an activating group) is 2. The lowest BCUT2D eigenvalue weighted by molar-refractivity contribution is -0.122. The summed E-state index contributed by atoms with van der Waals surface area (Å²) in [5, 5.41) is 2.64. The van der Waals surface area contributed by atoms with Crippen LogP contribution in [-0.2, 0) is 4.79 Å². The van der Waals surface area contributed by atoms with Gasteiger partial charge in [0, 0.05) is 32.7 Å². The SMILES string of the molecule is CNC(=O)CN1CCN(C)C(C)C1. The Morgan fingerprint density at radius 1 is 1.54 bits per heavy atom. The molecule has 0 radical (unpaired) electrons. The van der Waals surface area contributed by atoms with Gasteiger partial charge in [0.2, 0.25) is 5.91 Å². The highest BCUT2D eigenvalue weighted by Crippen LogP contribution is 2.05. The van der Waals surface area contributed by atoms with Crippen LogP contribution in [-0.4, -0.2) is 62.0 Å². The third-order valence-corrected chi connectivity index (χ3v) is 2.69. The highest BCUT2D eigenvalue weighted by atomic mass is 16.1. The molecule has 13 heavy (non-hydrogen) atoms. The minimum absolute atomic E-state index is 0.108. The van der Waals surface area contributed by atoms with Crippen molar-refractivity contribution >= 4 is 5.91 Å². The summed E-state index contributed by atoms with van der Waals surface area (Å²) in [5.74, 6) is 0.108. The second-order valence-corrected chi connectivity index (χ2v) is 3.74. The molecule has 0 aliphatic carbocycles. The summed E-state index contributed by atoms with van der Waals surface area (Å²) < 4.78 is 0. The van der Waals surface area contributed by atoms with Gasteiger partial charge in [-0.2, -0.15) is 0 Å². The summed E-state index contributed by atoms with van der Waals surface area (Å²) >= 11 is 0. The molecule has 0 saturated carbocycles. The van der Waals surface area contributed by atoms with Gasteiger partial charge in [-0.15, -0.1) is 0 Å². The van der Waals surface area contributed by atoms with Crippen molar-refractivity contribution in [3.8, 4) is 0 Å². The molecule has 1 N–H and O–H groups in total. The van der Waals surface area contributed by atoms with Crippen molar-refractivity contribution in [2.75, 3.05) is 40.3 Å². The quantitative estimate of drug-likeness (QED) is 0.622. The zero-order valence-electron chi connectivity index (χ0n) is 8.71. The molecule has 1 unspecified atom stereocenters. The fourth-order valence-corrected chi connectivity index (χ4v) is 1.55. The Morgan fingerprint density at radius 2 is 2.23 bits per heavy atom. The Labute approximate surface area is 79.9 Å². The number of carbonyl (C=O) groups excluding carboxylic acids is 1. The molecule has 1 aliphatic heterocycles. The Balaban J connectivity index is 2.33. The highest BCUT2D eigenvalue weighted by molar-refractivity contribution is 5.77. The smallest absolute Gasteiger partial charge is 0.233 e. The number of piperazine rings is 1. The van der Waals surface area contributed by atoms with Crippen molar-refractivity contribution in [3.63, 3.8) is 0 Å². The van der Waals surface area contributed by atoms with Gasteiger partial charge in [-0.1, -0.05) is 0 Å². The molecule has 0 bridgehead atoms. The molecular weight excluding hydrogens is 166 g/mol. The third-order valence-electron chi connectivity index (χ3n) is 2.69. The highest BCUT2D eigenvalue weighted by Gasteiger charge is 2.21. The van der Waals surface area contributed by atoms with Gasteiger partial charge in [-0.25, -0.2) is 0 Å². The van der Waals surface area contributed by atoms with E-state index in [9.17, 15) is 4.79 Å². The van der Waals surface area contributed by atoms with Crippen molar-refractivity contribution in [1.29, 1.82) is 0 Å². The van der Waals surface area contributed by atoms with E-state index >= 15 is 0 Å². The lowest BCUT2D eigenvalue weighted by Gasteiger charge is -2.37. The Morgan fingerprint density at radius 3 is 2.77 bits per heavy atom. The fraction of sp³-hybridized carbons (Fsp3) is 0.889. The predicted molar refractivity (Wildman–Crippen MR) is 52.6 cm³/mol. The maximum Gasteiger partial charge on any atom is 0.233 e. The van der Waals surface area contributed by atoms with Crippen LogP contribution < -0.4 is 5.32 Å². The van der Waals surface area contributed by atoms with Gasteiger partial charge in [0.05, 0.1) is 6.54 Å². The fourth-order valence-electron chi connectivity index (χ4n) is 1.55. The first kappa shape index (κ1) is 10.5. The molecule has 1 rings (SSSR count). The number of hydrogen-bond acceptors (Lipinski definition) is 3. The molecule has 0 aromatic carbocycles. The van der Waals surface area contributed by atoms with Crippen molar-refractivity contribution < 1.29 is 4.79 Å². The van der Waals surface area contributed by atoms with E-state index < -0.39 is 0 Å². The Bertz CT molecular complexity index is 184. The van der Waals surface area contributed by atoms with Gasteiger partial charge in [-0.05, 0) is 14.0 Å². The van der Waals surface area contributed by atoms with E-state index in [2.05, 4.69) is 29.1 Å². The van der Waals surface area contributed by atoms with Crippen LogP contribution in [0.15, 0.2) is 0 Å². The predicted octanol–water partition coefficient (Wildman–Crippen LogP) is -0.632. The molecule has 0 aromatic heterocycles. The molecule has 4 heteroatoms. The summed E-state index contributed by atoms with van der Waals surface area (Å²) in [6.45, 7) is 5.76. The van der Waals surface area contributed by atoms with E-state index in [1.165, 1.54) is 0 Å². The number of carbonyl (C=O) groups is 1. The zero-order valence-corrected chi connectivity index (χ0v) is 8.71. The normalized spacial score (nSPS) is 25.9. The number of nitrogens with zero attached hydrogens (tertiary/aromatic N) is 2.